The van der Waals surface area contributed by atoms with Gasteiger partial charge in [0.15, 0.2) is 0 Å². The average Bonchev–Trinajstić information content (AvgIpc) is 2.33. The maximum absolute atomic E-state index is 10.3. The van der Waals surface area contributed by atoms with Crippen LogP contribution in [0, 0.1) is 6.92 Å². The number of carboxylic acids is 1. The molecule has 0 aliphatic heterocycles. The normalized spacial score (nSPS) is 10.1. The molecule has 0 saturated carbocycles. The number of rotatable bonds is 8. The Balaban J connectivity index is 2.42. The van der Waals surface area contributed by atoms with Crippen LogP contribution in [0.4, 0.5) is 5.82 Å². The van der Waals surface area contributed by atoms with Crippen LogP contribution in [0.2, 0.25) is 0 Å². The number of hydrogen-bond donors (Lipinski definition) is 2. The second kappa shape index (κ2) is 7.47. The number of nitrogens with one attached hydrogen (secondary N) is 1. The van der Waals surface area contributed by atoms with Crippen LogP contribution in [-0.4, -0.2) is 34.2 Å². The number of ether oxygens (including phenoxy) is 1. The molecule has 0 aliphatic rings. The molecule has 0 aromatic carbocycles. The van der Waals surface area contributed by atoms with Gasteiger partial charge in [-0.15, -0.1) is 0 Å². The molecule has 6 nitrogen and oxygen atoms in total. The third-order valence-electron chi connectivity index (χ3n) is 2.43. The molecule has 6 heteroatoms. The minimum atomic E-state index is -0.758. The average molecular weight is 253 g/mol. The SMILES string of the molecule is CCOc1ncnc(NCCCCC(=O)O)c1C. The first-order valence-corrected chi connectivity index (χ1v) is 6.05. The van der Waals surface area contributed by atoms with Crippen molar-refractivity contribution in [3.8, 4) is 5.88 Å². The Bertz CT molecular complexity index is 396. The molecule has 2 N–H and O–H groups in total. The van der Waals surface area contributed by atoms with E-state index in [4.69, 9.17) is 9.84 Å². The summed E-state index contributed by atoms with van der Waals surface area (Å²) in [4.78, 5) is 18.5. The van der Waals surface area contributed by atoms with Crippen molar-refractivity contribution in [1.82, 2.24) is 9.97 Å². The van der Waals surface area contributed by atoms with Crippen LogP contribution in [0.3, 0.4) is 0 Å². The number of unbranched alkanes of at least 4 members (excludes halogenated alkanes) is 1. The Morgan fingerprint density at radius 3 is 2.89 bits per heavy atom. The topological polar surface area (TPSA) is 84.3 Å². The summed E-state index contributed by atoms with van der Waals surface area (Å²) in [5.74, 6) is 0.566. The second-order valence-corrected chi connectivity index (χ2v) is 3.86. The van der Waals surface area contributed by atoms with Gasteiger partial charge in [0, 0.05) is 13.0 Å². The molecule has 1 heterocycles. The van der Waals surface area contributed by atoms with Gasteiger partial charge in [0.25, 0.3) is 0 Å². The van der Waals surface area contributed by atoms with Gasteiger partial charge in [0.1, 0.15) is 12.1 Å². The first-order chi connectivity index (χ1) is 8.65. The third kappa shape index (κ3) is 4.57. The number of aromatic nitrogens is 2. The zero-order chi connectivity index (χ0) is 13.4. The molecule has 0 atom stereocenters. The lowest BCUT2D eigenvalue weighted by Crippen LogP contribution is -2.08. The van der Waals surface area contributed by atoms with Gasteiger partial charge in [-0.25, -0.2) is 9.97 Å². The predicted molar refractivity (Wildman–Crippen MR) is 67.9 cm³/mol. The molecule has 1 aromatic rings. The van der Waals surface area contributed by atoms with Gasteiger partial charge >= 0.3 is 5.97 Å². The highest BCUT2D eigenvalue weighted by molar-refractivity contribution is 5.66. The van der Waals surface area contributed by atoms with Crippen LogP contribution in [-0.2, 0) is 4.79 Å². The van der Waals surface area contributed by atoms with Gasteiger partial charge in [-0.3, -0.25) is 4.79 Å². The summed E-state index contributed by atoms with van der Waals surface area (Å²) in [5, 5.41) is 11.7. The standard InChI is InChI=1S/C12H19N3O3/c1-3-18-12-9(2)11(14-8-15-12)13-7-5-4-6-10(16)17/h8H,3-7H2,1-2H3,(H,16,17)(H,13,14,15). The number of anilines is 1. The molecular formula is C12H19N3O3. The smallest absolute Gasteiger partial charge is 0.303 e. The molecular weight excluding hydrogens is 234 g/mol. The van der Waals surface area contributed by atoms with Gasteiger partial charge in [-0.1, -0.05) is 0 Å². The molecule has 0 unspecified atom stereocenters. The molecule has 0 aliphatic carbocycles. The summed E-state index contributed by atoms with van der Waals surface area (Å²) in [6.45, 7) is 5.05. The van der Waals surface area contributed by atoms with E-state index in [9.17, 15) is 4.79 Å². The number of carbonyl (C=O) groups is 1. The first-order valence-electron chi connectivity index (χ1n) is 6.05. The fraction of sp³-hybridized carbons (Fsp3) is 0.583. The van der Waals surface area contributed by atoms with Crippen molar-refractivity contribution in [2.45, 2.75) is 33.1 Å². The van der Waals surface area contributed by atoms with E-state index in [1.165, 1.54) is 6.33 Å². The molecule has 1 aromatic heterocycles. The maximum atomic E-state index is 10.3. The van der Waals surface area contributed by atoms with Crippen molar-refractivity contribution in [2.75, 3.05) is 18.5 Å². The highest BCUT2D eigenvalue weighted by atomic mass is 16.5. The monoisotopic (exact) mass is 253 g/mol. The van der Waals surface area contributed by atoms with Gasteiger partial charge < -0.3 is 15.2 Å². The molecule has 0 amide bonds. The minimum absolute atomic E-state index is 0.203. The largest absolute Gasteiger partial charge is 0.481 e. The summed E-state index contributed by atoms with van der Waals surface area (Å²) in [5.41, 5.74) is 0.873. The van der Waals surface area contributed by atoms with Crippen LogP contribution in [0.1, 0.15) is 31.7 Å². The highest BCUT2D eigenvalue weighted by Crippen LogP contribution is 2.20. The van der Waals surface area contributed by atoms with E-state index in [2.05, 4.69) is 15.3 Å². The summed E-state index contributed by atoms with van der Waals surface area (Å²) in [6.07, 6.45) is 3.11. The van der Waals surface area contributed by atoms with Crippen LogP contribution < -0.4 is 10.1 Å². The summed E-state index contributed by atoms with van der Waals surface area (Å²) in [7, 11) is 0. The lowest BCUT2D eigenvalue weighted by atomic mass is 10.2. The Morgan fingerprint density at radius 1 is 1.44 bits per heavy atom. The molecule has 18 heavy (non-hydrogen) atoms. The van der Waals surface area contributed by atoms with Gasteiger partial charge in [-0.2, -0.15) is 0 Å². The zero-order valence-electron chi connectivity index (χ0n) is 10.8. The number of nitrogens with zero attached hydrogens (tertiary/aromatic N) is 2. The van der Waals surface area contributed by atoms with Crippen molar-refractivity contribution in [1.29, 1.82) is 0 Å². The molecule has 0 saturated heterocycles. The van der Waals surface area contributed by atoms with Crippen LogP contribution in [0.5, 0.6) is 5.88 Å². The Labute approximate surface area is 106 Å². The first kappa shape index (κ1) is 14.2. The lowest BCUT2D eigenvalue weighted by Gasteiger charge is -2.10. The summed E-state index contributed by atoms with van der Waals surface area (Å²) >= 11 is 0. The highest BCUT2D eigenvalue weighted by Gasteiger charge is 2.06. The number of hydrogen-bond acceptors (Lipinski definition) is 5. The Hall–Kier alpha value is -1.85. The van der Waals surface area contributed by atoms with Gasteiger partial charge in [-0.05, 0) is 26.7 Å². The summed E-state index contributed by atoms with van der Waals surface area (Å²) in [6, 6.07) is 0. The predicted octanol–water partition coefficient (Wildman–Crippen LogP) is 1.85. The lowest BCUT2D eigenvalue weighted by molar-refractivity contribution is -0.137. The van der Waals surface area contributed by atoms with E-state index >= 15 is 0 Å². The van der Waals surface area contributed by atoms with Crippen LogP contribution in [0.25, 0.3) is 0 Å². The third-order valence-corrected chi connectivity index (χ3v) is 2.43. The van der Waals surface area contributed by atoms with E-state index in [-0.39, 0.29) is 6.42 Å². The Morgan fingerprint density at radius 2 is 2.22 bits per heavy atom. The Kier molecular flexibility index (Phi) is 5.90. The van der Waals surface area contributed by atoms with E-state index in [1.54, 1.807) is 0 Å². The van der Waals surface area contributed by atoms with Crippen LogP contribution in [0.15, 0.2) is 6.33 Å². The molecule has 0 spiro atoms. The van der Waals surface area contributed by atoms with Crippen molar-refractivity contribution in [3.05, 3.63) is 11.9 Å². The van der Waals surface area contributed by atoms with Gasteiger partial charge in [0.2, 0.25) is 5.88 Å². The quantitative estimate of drug-likeness (QED) is 0.688. The second-order valence-electron chi connectivity index (χ2n) is 3.86. The minimum Gasteiger partial charge on any atom is -0.481 e. The fourth-order valence-electron chi connectivity index (χ4n) is 1.50. The van der Waals surface area contributed by atoms with Crippen molar-refractivity contribution in [3.63, 3.8) is 0 Å². The molecule has 1 rings (SSSR count). The van der Waals surface area contributed by atoms with Crippen molar-refractivity contribution >= 4 is 11.8 Å². The number of carboxylic acid groups (broad SMARTS) is 1. The summed E-state index contributed by atoms with van der Waals surface area (Å²) < 4.78 is 5.37. The fourth-order valence-corrected chi connectivity index (χ4v) is 1.50. The van der Waals surface area contributed by atoms with Gasteiger partial charge in [0.05, 0.1) is 12.2 Å². The van der Waals surface area contributed by atoms with E-state index < -0.39 is 5.97 Å². The molecule has 100 valence electrons. The zero-order valence-corrected chi connectivity index (χ0v) is 10.8. The number of aliphatic carboxylic acids is 1. The van der Waals surface area contributed by atoms with E-state index in [0.717, 1.165) is 17.8 Å². The molecule has 0 fully saturated rings. The molecule has 0 radical (unpaired) electrons. The molecule has 0 bridgehead atoms. The maximum Gasteiger partial charge on any atom is 0.303 e. The van der Waals surface area contributed by atoms with E-state index in [0.29, 0.717) is 25.5 Å². The van der Waals surface area contributed by atoms with Crippen LogP contribution >= 0.6 is 0 Å². The van der Waals surface area contributed by atoms with Crippen molar-refractivity contribution < 1.29 is 14.6 Å². The van der Waals surface area contributed by atoms with Crippen molar-refractivity contribution in [2.24, 2.45) is 0 Å². The van der Waals surface area contributed by atoms with E-state index in [1.807, 2.05) is 13.8 Å².